The molecule has 1 aliphatic rings. The van der Waals surface area contributed by atoms with Crippen molar-refractivity contribution in [3.63, 3.8) is 0 Å². The van der Waals surface area contributed by atoms with Gasteiger partial charge in [0.2, 0.25) is 0 Å². The van der Waals surface area contributed by atoms with Crippen molar-refractivity contribution in [2.24, 2.45) is 5.73 Å². The standard InChI is InChI=1S/C11H16ClNOS/c12-10-3-2-9(15-10)8-11(13)4-1-6-14-7-5-11/h2-3H,1,4-8,13H2. The van der Waals surface area contributed by atoms with Gasteiger partial charge in [0.05, 0.1) is 4.34 Å². The molecule has 84 valence electrons. The predicted molar refractivity (Wildman–Crippen MR) is 64.6 cm³/mol. The highest BCUT2D eigenvalue weighted by atomic mass is 35.5. The van der Waals surface area contributed by atoms with E-state index in [1.54, 1.807) is 11.3 Å². The first kappa shape index (κ1) is 11.4. The summed E-state index contributed by atoms with van der Waals surface area (Å²) < 4.78 is 6.28. The summed E-state index contributed by atoms with van der Waals surface area (Å²) in [6, 6.07) is 4.02. The van der Waals surface area contributed by atoms with Crippen LogP contribution in [0.1, 0.15) is 24.1 Å². The van der Waals surface area contributed by atoms with Crippen LogP contribution in [0.15, 0.2) is 12.1 Å². The van der Waals surface area contributed by atoms with Crippen molar-refractivity contribution in [1.29, 1.82) is 0 Å². The Hall–Kier alpha value is -0.0900. The van der Waals surface area contributed by atoms with Gasteiger partial charge in [0.1, 0.15) is 0 Å². The van der Waals surface area contributed by atoms with Crippen molar-refractivity contribution in [3.05, 3.63) is 21.3 Å². The molecule has 1 aromatic heterocycles. The number of halogens is 1. The molecule has 0 aromatic carbocycles. The highest BCUT2D eigenvalue weighted by Crippen LogP contribution is 2.28. The number of hydrogen-bond donors (Lipinski definition) is 1. The molecule has 0 saturated carbocycles. The zero-order valence-electron chi connectivity index (χ0n) is 8.67. The first-order valence-electron chi connectivity index (χ1n) is 5.29. The van der Waals surface area contributed by atoms with Crippen molar-refractivity contribution in [1.82, 2.24) is 0 Å². The van der Waals surface area contributed by atoms with E-state index in [9.17, 15) is 0 Å². The summed E-state index contributed by atoms with van der Waals surface area (Å²) in [5.74, 6) is 0. The lowest BCUT2D eigenvalue weighted by Gasteiger charge is -2.26. The lowest BCUT2D eigenvalue weighted by Crippen LogP contribution is -2.42. The minimum absolute atomic E-state index is 0.0926. The summed E-state index contributed by atoms with van der Waals surface area (Å²) >= 11 is 7.54. The first-order valence-corrected chi connectivity index (χ1v) is 6.48. The van der Waals surface area contributed by atoms with Gasteiger partial charge in [-0.15, -0.1) is 11.3 Å². The molecule has 2 rings (SSSR count). The van der Waals surface area contributed by atoms with Crippen LogP contribution in [0.25, 0.3) is 0 Å². The maximum atomic E-state index is 6.38. The SMILES string of the molecule is NC1(Cc2ccc(Cl)s2)CCCOCC1. The number of rotatable bonds is 2. The molecule has 15 heavy (non-hydrogen) atoms. The third kappa shape index (κ3) is 3.18. The number of nitrogens with two attached hydrogens (primary N) is 1. The maximum Gasteiger partial charge on any atom is 0.0931 e. The Morgan fingerprint density at radius 3 is 3.00 bits per heavy atom. The van der Waals surface area contributed by atoms with Crippen LogP contribution in [0.4, 0.5) is 0 Å². The van der Waals surface area contributed by atoms with E-state index in [2.05, 4.69) is 6.07 Å². The van der Waals surface area contributed by atoms with E-state index in [1.807, 2.05) is 6.07 Å². The summed E-state index contributed by atoms with van der Waals surface area (Å²) in [6.45, 7) is 1.64. The lowest BCUT2D eigenvalue weighted by molar-refractivity contribution is 0.139. The van der Waals surface area contributed by atoms with Crippen LogP contribution in [-0.4, -0.2) is 18.8 Å². The second-order valence-electron chi connectivity index (χ2n) is 4.21. The second-order valence-corrected chi connectivity index (χ2v) is 6.01. The molecule has 4 heteroatoms. The Morgan fingerprint density at radius 2 is 2.27 bits per heavy atom. The molecule has 1 saturated heterocycles. The van der Waals surface area contributed by atoms with E-state index in [1.165, 1.54) is 4.88 Å². The molecule has 1 atom stereocenters. The third-order valence-corrected chi connectivity index (χ3v) is 4.09. The minimum atomic E-state index is -0.0926. The summed E-state index contributed by atoms with van der Waals surface area (Å²) in [5.41, 5.74) is 6.29. The molecular formula is C11H16ClNOS. The summed E-state index contributed by atoms with van der Waals surface area (Å²) in [5, 5.41) is 0. The monoisotopic (exact) mass is 245 g/mol. The largest absolute Gasteiger partial charge is 0.381 e. The molecule has 0 aliphatic carbocycles. The van der Waals surface area contributed by atoms with Crippen molar-refractivity contribution in [3.8, 4) is 0 Å². The summed E-state index contributed by atoms with van der Waals surface area (Å²) in [6.07, 6.45) is 3.98. The Kier molecular flexibility index (Phi) is 3.67. The number of hydrogen-bond acceptors (Lipinski definition) is 3. The number of thiophene rings is 1. The Labute approximate surface area is 99.4 Å². The molecule has 2 N–H and O–H groups in total. The lowest BCUT2D eigenvalue weighted by atomic mass is 9.88. The molecular weight excluding hydrogens is 230 g/mol. The average molecular weight is 246 g/mol. The Bertz CT molecular complexity index is 318. The van der Waals surface area contributed by atoms with Crippen LogP contribution in [0.3, 0.4) is 0 Å². The van der Waals surface area contributed by atoms with Gasteiger partial charge in [0, 0.05) is 23.6 Å². The highest BCUT2D eigenvalue weighted by molar-refractivity contribution is 7.16. The van der Waals surface area contributed by atoms with Crippen molar-refractivity contribution in [2.75, 3.05) is 13.2 Å². The Balaban J connectivity index is 2.02. The average Bonchev–Trinajstić information content (AvgIpc) is 2.46. The van der Waals surface area contributed by atoms with E-state index in [0.29, 0.717) is 0 Å². The fourth-order valence-corrected chi connectivity index (χ4v) is 3.24. The van der Waals surface area contributed by atoms with Crippen LogP contribution in [-0.2, 0) is 11.2 Å². The fourth-order valence-electron chi connectivity index (χ4n) is 2.00. The van der Waals surface area contributed by atoms with Gasteiger partial charge >= 0.3 is 0 Å². The van der Waals surface area contributed by atoms with E-state index in [-0.39, 0.29) is 5.54 Å². The van der Waals surface area contributed by atoms with Crippen LogP contribution in [0.2, 0.25) is 4.34 Å². The number of ether oxygens (including phenoxy) is 1. The van der Waals surface area contributed by atoms with Gasteiger partial charge in [-0.25, -0.2) is 0 Å². The highest BCUT2D eigenvalue weighted by Gasteiger charge is 2.27. The molecule has 0 radical (unpaired) electrons. The van der Waals surface area contributed by atoms with Gasteiger partial charge in [-0.3, -0.25) is 0 Å². The van der Waals surface area contributed by atoms with Gasteiger partial charge in [0.15, 0.2) is 0 Å². The van der Waals surface area contributed by atoms with Crippen LogP contribution < -0.4 is 5.73 Å². The van der Waals surface area contributed by atoms with E-state index >= 15 is 0 Å². The molecule has 0 spiro atoms. The van der Waals surface area contributed by atoms with E-state index in [0.717, 1.165) is 43.2 Å². The van der Waals surface area contributed by atoms with Crippen LogP contribution >= 0.6 is 22.9 Å². The third-order valence-electron chi connectivity index (χ3n) is 2.86. The molecule has 2 nitrogen and oxygen atoms in total. The topological polar surface area (TPSA) is 35.2 Å². The zero-order chi connectivity index (χ0) is 10.7. The van der Waals surface area contributed by atoms with Gasteiger partial charge in [-0.05, 0) is 37.8 Å². The normalized spacial score (nSPS) is 27.6. The quantitative estimate of drug-likeness (QED) is 0.870. The minimum Gasteiger partial charge on any atom is -0.381 e. The molecule has 1 aliphatic heterocycles. The van der Waals surface area contributed by atoms with Gasteiger partial charge < -0.3 is 10.5 Å². The molecule has 0 bridgehead atoms. The summed E-state index contributed by atoms with van der Waals surface area (Å²) in [7, 11) is 0. The van der Waals surface area contributed by atoms with Crippen molar-refractivity contribution >= 4 is 22.9 Å². The van der Waals surface area contributed by atoms with E-state index < -0.39 is 0 Å². The first-order chi connectivity index (χ1) is 7.18. The molecule has 2 heterocycles. The van der Waals surface area contributed by atoms with Gasteiger partial charge in [-0.1, -0.05) is 11.6 Å². The Morgan fingerprint density at radius 1 is 1.40 bits per heavy atom. The van der Waals surface area contributed by atoms with E-state index in [4.69, 9.17) is 22.1 Å². The van der Waals surface area contributed by atoms with Crippen LogP contribution in [0.5, 0.6) is 0 Å². The molecule has 1 unspecified atom stereocenters. The van der Waals surface area contributed by atoms with Gasteiger partial charge in [0.25, 0.3) is 0 Å². The molecule has 1 fully saturated rings. The maximum absolute atomic E-state index is 6.38. The smallest absolute Gasteiger partial charge is 0.0931 e. The zero-order valence-corrected chi connectivity index (χ0v) is 10.2. The fraction of sp³-hybridized carbons (Fsp3) is 0.636. The molecule has 0 amide bonds. The molecule has 1 aromatic rings. The predicted octanol–water partition coefficient (Wildman–Crippen LogP) is 2.84. The van der Waals surface area contributed by atoms with Gasteiger partial charge in [-0.2, -0.15) is 0 Å². The second kappa shape index (κ2) is 4.83. The van der Waals surface area contributed by atoms with Crippen LogP contribution in [0, 0.1) is 0 Å². The van der Waals surface area contributed by atoms with Crippen molar-refractivity contribution in [2.45, 2.75) is 31.2 Å². The van der Waals surface area contributed by atoms with Crippen molar-refractivity contribution < 1.29 is 4.74 Å². The summed E-state index contributed by atoms with van der Waals surface area (Å²) in [4.78, 5) is 1.28.